The van der Waals surface area contributed by atoms with Gasteiger partial charge in [-0.3, -0.25) is 4.57 Å². The first-order valence-corrected chi connectivity index (χ1v) is 6.67. The summed E-state index contributed by atoms with van der Waals surface area (Å²) in [5.41, 5.74) is 1.99. The molecule has 4 aromatic rings. The number of H-pyrrole nitrogens is 1. The molecular weight excluding hydrogens is 291 g/mol. The quantitative estimate of drug-likeness (QED) is 0.551. The van der Waals surface area contributed by atoms with Crippen molar-refractivity contribution in [2.45, 2.75) is 6.18 Å². The maximum atomic E-state index is 13.4. The molecule has 0 aliphatic heterocycles. The summed E-state index contributed by atoms with van der Waals surface area (Å²) in [6.45, 7) is 0. The lowest BCUT2D eigenvalue weighted by molar-refractivity contribution is -0.145. The molecule has 0 spiro atoms. The molecule has 4 rings (SSSR count). The average molecular weight is 301 g/mol. The second-order valence-corrected chi connectivity index (χ2v) is 4.97. The van der Waals surface area contributed by atoms with Gasteiger partial charge >= 0.3 is 6.18 Å². The van der Waals surface area contributed by atoms with Crippen LogP contribution in [0.1, 0.15) is 5.82 Å². The molecule has 2 aromatic heterocycles. The van der Waals surface area contributed by atoms with Gasteiger partial charge in [0, 0.05) is 17.1 Å². The van der Waals surface area contributed by atoms with Gasteiger partial charge in [-0.2, -0.15) is 13.2 Å². The van der Waals surface area contributed by atoms with Crippen molar-refractivity contribution in [3.8, 4) is 5.69 Å². The van der Waals surface area contributed by atoms with Crippen molar-refractivity contribution in [2.75, 3.05) is 0 Å². The number of alkyl halides is 3. The summed E-state index contributed by atoms with van der Waals surface area (Å²) in [4.78, 5) is 6.79. The van der Waals surface area contributed by atoms with Crippen LogP contribution >= 0.6 is 0 Å². The third-order valence-corrected chi connectivity index (χ3v) is 3.63. The van der Waals surface area contributed by atoms with Crippen molar-refractivity contribution >= 4 is 21.9 Å². The number of aromatic amines is 1. The SMILES string of the molecule is FC(F)(F)c1nc2ccccc2n1-c1cccc2[nH]ccc12. The minimum atomic E-state index is -4.53. The molecule has 1 N–H and O–H groups in total. The van der Waals surface area contributed by atoms with Crippen molar-refractivity contribution in [3.05, 3.63) is 60.6 Å². The molecule has 110 valence electrons. The molecule has 0 saturated carbocycles. The molecule has 22 heavy (non-hydrogen) atoms. The number of fused-ring (bicyclic) bond motifs is 2. The lowest BCUT2D eigenvalue weighted by Crippen LogP contribution is -2.14. The molecule has 3 nitrogen and oxygen atoms in total. The molecule has 0 amide bonds. The second kappa shape index (κ2) is 4.37. The maximum Gasteiger partial charge on any atom is 0.450 e. The fraction of sp³-hybridized carbons (Fsp3) is 0.0625. The fourth-order valence-corrected chi connectivity index (χ4v) is 2.72. The monoisotopic (exact) mass is 301 g/mol. The largest absolute Gasteiger partial charge is 0.450 e. The van der Waals surface area contributed by atoms with Gasteiger partial charge in [0.15, 0.2) is 0 Å². The average Bonchev–Trinajstić information content (AvgIpc) is 3.10. The molecule has 0 radical (unpaired) electrons. The first-order chi connectivity index (χ1) is 10.6. The van der Waals surface area contributed by atoms with Gasteiger partial charge in [0.2, 0.25) is 5.82 Å². The topological polar surface area (TPSA) is 33.6 Å². The molecule has 0 aliphatic rings. The van der Waals surface area contributed by atoms with Gasteiger partial charge < -0.3 is 4.98 Å². The van der Waals surface area contributed by atoms with E-state index in [0.717, 1.165) is 10.9 Å². The highest BCUT2D eigenvalue weighted by Gasteiger charge is 2.38. The Balaban J connectivity index is 2.15. The van der Waals surface area contributed by atoms with Crippen LogP contribution in [-0.4, -0.2) is 14.5 Å². The molecule has 0 aliphatic carbocycles. The molecular formula is C16H10F3N3. The Morgan fingerprint density at radius 1 is 0.955 bits per heavy atom. The Morgan fingerprint density at radius 2 is 1.77 bits per heavy atom. The van der Waals surface area contributed by atoms with E-state index >= 15 is 0 Å². The molecule has 2 aromatic carbocycles. The van der Waals surface area contributed by atoms with Crippen molar-refractivity contribution < 1.29 is 13.2 Å². The Morgan fingerprint density at radius 3 is 2.59 bits per heavy atom. The van der Waals surface area contributed by atoms with Crippen molar-refractivity contribution in [1.29, 1.82) is 0 Å². The number of nitrogens with one attached hydrogen (secondary N) is 1. The first-order valence-electron chi connectivity index (χ1n) is 6.67. The van der Waals surface area contributed by atoms with Gasteiger partial charge in [-0.25, -0.2) is 4.98 Å². The fourth-order valence-electron chi connectivity index (χ4n) is 2.72. The van der Waals surface area contributed by atoms with Crippen LogP contribution in [0.5, 0.6) is 0 Å². The molecule has 6 heteroatoms. The molecule has 0 atom stereocenters. The van der Waals surface area contributed by atoms with Gasteiger partial charge in [-0.1, -0.05) is 18.2 Å². The van der Waals surface area contributed by atoms with E-state index in [-0.39, 0.29) is 0 Å². The highest BCUT2D eigenvalue weighted by molar-refractivity contribution is 5.90. The molecule has 0 bridgehead atoms. The van der Waals surface area contributed by atoms with Gasteiger partial charge in [-0.15, -0.1) is 0 Å². The predicted octanol–water partition coefficient (Wildman–Crippen LogP) is 4.53. The Hall–Kier alpha value is -2.76. The maximum absolute atomic E-state index is 13.4. The van der Waals surface area contributed by atoms with Crippen LogP contribution < -0.4 is 0 Å². The van der Waals surface area contributed by atoms with Crippen LogP contribution in [-0.2, 0) is 6.18 Å². The number of para-hydroxylation sites is 2. The standard InChI is InChI=1S/C16H10F3N3/c17-16(18,19)15-21-12-4-1-2-6-14(12)22(15)13-7-3-5-11-10(13)8-9-20-11/h1-9,20H. The van der Waals surface area contributed by atoms with Crippen LogP contribution in [0, 0.1) is 0 Å². The Labute approximate surface area is 123 Å². The minimum Gasteiger partial charge on any atom is -0.361 e. The second-order valence-electron chi connectivity index (χ2n) is 4.97. The third kappa shape index (κ3) is 1.80. The lowest BCUT2D eigenvalue weighted by Gasteiger charge is -2.12. The van der Waals surface area contributed by atoms with Crippen molar-refractivity contribution in [1.82, 2.24) is 14.5 Å². The van der Waals surface area contributed by atoms with Crippen LogP contribution in [0.15, 0.2) is 54.7 Å². The van der Waals surface area contributed by atoms with Gasteiger partial charge in [0.05, 0.1) is 16.7 Å². The van der Waals surface area contributed by atoms with Crippen LogP contribution in [0.4, 0.5) is 13.2 Å². The van der Waals surface area contributed by atoms with E-state index in [1.54, 1.807) is 48.7 Å². The first kappa shape index (κ1) is 12.9. The summed E-state index contributed by atoms with van der Waals surface area (Å²) >= 11 is 0. The van der Waals surface area contributed by atoms with Crippen LogP contribution in [0.25, 0.3) is 27.6 Å². The van der Waals surface area contributed by atoms with Crippen LogP contribution in [0.2, 0.25) is 0 Å². The zero-order valence-electron chi connectivity index (χ0n) is 11.2. The Kier molecular flexibility index (Phi) is 2.57. The van der Waals surface area contributed by atoms with E-state index < -0.39 is 12.0 Å². The number of halogens is 3. The number of benzene rings is 2. The molecule has 0 saturated heterocycles. The highest BCUT2D eigenvalue weighted by Crippen LogP contribution is 2.35. The number of hydrogen-bond donors (Lipinski definition) is 1. The van der Waals surface area contributed by atoms with Gasteiger partial charge in [-0.05, 0) is 30.3 Å². The molecule has 0 unspecified atom stereocenters. The number of aromatic nitrogens is 3. The van der Waals surface area contributed by atoms with Gasteiger partial charge in [0.1, 0.15) is 0 Å². The summed E-state index contributed by atoms with van der Waals surface area (Å²) in [7, 11) is 0. The van der Waals surface area contributed by atoms with E-state index in [4.69, 9.17) is 0 Å². The lowest BCUT2D eigenvalue weighted by atomic mass is 10.2. The normalized spacial score (nSPS) is 12.3. The highest BCUT2D eigenvalue weighted by atomic mass is 19.4. The number of imidazole rings is 1. The summed E-state index contributed by atoms with van der Waals surface area (Å²) in [6.07, 6.45) is -2.82. The third-order valence-electron chi connectivity index (χ3n) is 3.63. The predicted molar refractivity (Wildman–Crippen MR) is 77.9 cm³/mol. The number of rotatable bonds is 1. The summed E-state index contributed by atoms with van der Waals surface area (Å²) in [6, 6.07) is 13.6. The van der Waals surface area contributed by atoms with Crippen molar-refractivity contribution in [3.63, 3.8) is 0 Å². The van der Waals surface area contributed by atoms with Crippen molar-refractivity contribution in [2.24, 2.45) is 0 Å². The summed E-state index contributed by atoms with van der Waals surface area (Å²) < 4.78 is 41.4. The smallest absolute Gasteiger partial charge is 0.361 e. The molecule has 2 heterocycles. The minimum absolute atomic E-state index is 0.322. The Bertz CT molecular complexity index is 979. The van der Waals surface area contributed by atoms with Crippen LogP contribution in [0.3, 0.4) is 0 Å². The number of nitrogens with zero attached hydrogens (tertiary/aromatic N) is 2. The van der Waals surface area contributed by atoms with Gasteiger partial charge in [0.25, 0.3) is 0 Å². The zero-order chi connectivity index (χ0) is 15.3. The van der Waals surface area contributed by atoms with E-state index in [1.165, 1.54) is 4.57 Å². The number of hydrogen-bond acceptors (Lipinski definition) is 1. The summed E-state index contributed by atoms with van der Waals surface area (Å²) in [5, 5.41) is 0.719. The van der Waals surface area contributed by atoms with E-state index in [9.17, 15) is 13.2 Å². The summed E-state index contributed by atoms with van der Waals surface area (Å²) in [5.74, 6) is -0.914. The van der Waals surface area contributed by atoms with E-state index in [0.29, 0.717) is 16.7 Å². The van der Waals surface area contributed by atoms with E-state index in [1.807, 2.05) is 6.07 Å². The zero-order valence-corrected chi connectivity index (χ0v) is 11.2. The molecule has 0 fully saturated rings. The van der Waals surface area contributed by atoms with E-state index in [2.05, 4.69) is 9.97 Å².